The number of rotatable bonds is 2. The van der Waals surface area contributed by atoms with Crippen LogP contribution in [0.2, 0.25) is 0 Å². The predicted molar refractivity (Wildman–Crippen MR) is 55.4 cm³/mol. The molecule has 0 bridgehead atoms. The molecule has 0 atom stereocenters. The molecule has 2 aromatic rings. The molecule has 76 valence electrons. The lowest BCUT2D eigenvalue weighted by molar-refractivity contribution is 0.319. The van der Waals surface area contributed by atoms with Crippen LogP contribution >= 0.6 is 0 Å². The van der Waals surface area contributed by atoms with Gasteiger partial charge in [0.25, 0.3) is 0 Å². The van der Waals surface area contributed by atoms with Gasteiger partial charge in [-0.1, -0.05) is 17.3 Å². The first-order valence-electron chi connectivity index (χ1n) is 4.45. The molecule has 0 unspecified atom stereocenters. The number of hydrogen-bond donors (Lipinski definition) is 1. The number of benzene rings is 1. The average molecular weight is 202 g/mol. The van der Waals surface area contributed by atoms with Gasteiger partial charge in [-0.15, -0.1) is 0 Å². The van der Waals surface area contributed by atoms with Crippen LogP contribution in [0.3, 0.4) is 0 Å². The van der Waals surface area contributed by atoms with Gasteiger partial charge in [-0.2, -0.15) is 5.10 Å². The van der Waals surface area contributed by atoms with Crippen LogP contribution < -0.4 is 0 Å². The van der Waals surface area contributed by atoms with Crippen LogP contribution in [0.25, 0.3) is 5.69 Å². The van der Waals surface area contributed by atoms with Crippen LogP contribution in [0.4, 0.5) is 0 Å². The highest BCUT2D eigenvalue weighted by Gasteiger charge is 1.99. The topological polar surface area (TPSA) is 63.3 Å². The van der Waals surface area contributed by atoms with Crippen molar-refractivity contribution >= 4 is 5.71 Å². The Bertz CT molecular complexity index is 459. The molecule has 0 aliphatic heterocycles. The SMILES string of the molecule is CC(=NO)c1ccc(-n2cncn2)cc1. The van der Waals surface area contributed by atoms with E-state index in [1.165, 1.54) is 6.33 Å². The monoisotopic (exact) mass is 202 g/mol. The Hall–Kier alpha value is -2.17. The summed E-state index contributed by atoms with van der Waals surface area (Å²) < 4.78 is 1.66. The Morgan fingerprint density at radius 2 is 2.07 bits per heavy atom. The average Bonchev–Trinajstić information content (AvgIpc) is 2.82. The number of aromatic nitrogens is 3. The summed E-state index contributed by atoms with van der Waals surface area (Å²) in [7, 11) is 0. The second kappa shape index (κ2) is 3.91. The van der Waals surface area contributed by atoms with Gasteiger partial charge in [-0.25, -0.2) is 9.67 Å². The fourth-order valence-electron chi connectivity index (χ4n) is 1.25. The van der Waals surface area contributed by atoms with Crippen molar-refractivity contribution in [3.63, 3.8) is 0 Å². The molecule has 1 N–H and O–H groups in total. The molecular formula is C10H10N4O. The summed E-state index contributed by atoms with van der Waals surface area (Å²) in [4.78, 5) is 3.86. The zero-order chi connectivity index (χ0) is 10.7. The Balaban J connectivity index is 2.33. The molecule has 1 heterocycles. The van der Waals surface area contributed by atoms with Gasteiger partial charge in [0.05, 0.1) is 11.4 Å². The highest BCUT2D eigenvalue weighted by atomic mass is 16.4. The van der Waals surface area contributed by atoms with Crippen molar-refractivity contribution in [2.45, 2.75) is 6.92 Å². The van der Waals surface area contributed by atoms with E-state index in [9.17, 15) is 0 Å². The molecule has 0 radical (unpaired) electrons. The Morgan fingerprint density at radius 1 is 1.33 bits per heavy atom. The van der Waals surface area contributed by atoms with E-state index in [0.717, 1.165) is 11.3 Å². The smallest absolute Gasteiger partial charge is 0.138 e. The van der Waals surface area contributed by atoms with Gasteiger partial charge in [-0.3, -0.25) is 0 Å². The van der Waals surface area contributed by atoms with Crippen LogP contribution in [0.15, 0.2) is 42.1 Å². The highest BCUT2D eigenvalue weighted by Crippen LogP contribution is 2.08. The van der Waals surface area contributed by atoms with Crippen molar-refractivity contribution in [1.82, 2.24) is 14.8 Å². The number of nitrogens with zero attached hydrogens (tertiary/aromatic N) is 4. The van der Waals surface area contributed by atoms with Crippen molar-refractivity contribution in [3.05, 3.63) is 42.5 Å². The molecular weight excluding hydrogens is 192 g/mol. The molecule has 0 saturated carbocycles. The van der Waals surface area contributed by atoms with E-state index >= 15 is 0 Å². The number of hydrogen-bond acceptors (Lipinski definition) is 4. The fourth-order valence-corrected chi connectivity index (χ4v) is 1.25. The van der Waals surface area contributed by atoms with Gasteiger partial charge >= 0.3 is 0 Å². The van der Waals surface area contributed by atoms with E-state index in [1.807, 2.05) is 24.3 Å². The second-order valence-electron chi connectivity index (χ2n) is 3.07. The summed E-state index contributed by atoms with van der Waals surface area (Å²) in [6, 6.07) is 7.51. The maximum absolute atomic E-state index is 8.60. The van der Waals surface area contributed by atoms with Crippen LogP contribution in [-0.2, 0) is 0 Å². The number of oxime groups is 1. The lowest BCUT2D eigenvalue weighted by Gasteiger charge is -2.02. The summed E-state index contributed by atoms with van der Waals surface area (Å²) in [6.07, 6.45) is 3.11. The molecule has 5 heteroatoms. The van der Waals surface area contributed by atoms with Crippen LogP contribution in [-0.4, -0.2) is 25.7 Å². The van der Waals surface area contributed by atoms with Crippen LogP contribution in [0.5, 0.6) is 0 Å². The molecule has 5 nitrogen and oxygen atoms in total. The van der Waals surface area contributed by atoms with Gasteiger partial charge in [0.2, 0.25) is 0 Å². The third kappa shape index (κ3) is 1.85. The van der Waals surface area contributed by atoms with E-state index in [0.29, 0.717) is 5.71 Å². The Kier molecular flexibility index (Phi) is 2.45. The van der Waals surface area contributed by atoms with Crippen molar-refractivity contribution in [2.75, 3.05) is 0 Å². The zero-order valence-corrected chi connectivity index (χ0v) is 8.20. The van der Waals surface area contributed by atoms with Gasteiger partial charge in [0.15, 0.2) is 0 Å². The minimum atomic E-state index is 0.583. The molecule has 0 aliphatic rings. The summed E-state index contributed by atoms with van der Waals surface area (Å²) in [5.74, 6) is 0. The molecule has 0 aliphatic carbocycles. The lowest BCUT2D eigenvalue weighted by Crippen LogP contribution is -1.97. The first kappa shape index (κ1) is 9.39. The molecule has 0 spiro atoms. The summed E-state index contributed by atoms with van der Waals surface area (Å²) >= 11 is 0. The lowest BCUT2D eigenvalue weighted by atomic mass is 10.1. The molecule has 2 rings (SSSR count). The van der Waals surface area contributed by atoms with Gasteiger partial charge in [0.1, 0.15) is 12.7 Å². The fraction of sp³-hybridized carbons (Fsp3) is 0.100. The normalized spacial score (nSPS) is 11.7. The summed E-state index contributed by atoms with van der Waals surface area (Å²) in [5, 5.41) is 15.7. The van der Waals surface area contributed by atoms with Crippen molar-refractivity contribution in [1.29, 1.82) is 0 Å². The van der Waals surface area contributed by atoms with Gasteiger partial charge in [0, 0.05) is 0 Å². The van der Waals surface area contributed by atoms with Crippen molar-refractivity contribution in [2.24, 2.45) is 5.16 Å². The molecule has 0 saturated heterocycles. The van der Waals surface area contributed by atoms with Crippen LogP contribution in [0.1, 0.15) is 12.5 Å². The first-order chi connectivity index (χ1) is 7.31. The zero-order valence-electron chi connectivity index (χ0n) is 8.20. The molecule has 0 fully saturated rings. The Morgan fingerprint density at radius 3 is 2.60 bits per heavy atom. The highest BCUT2D eigenvalue weighted by molar-refractivity contribution is 5.98. The van der Waals surface area contributed by atoms with Crippen molar-refractivity contribution < 1.29 is 5.21 Å². The van der Waals surface area contributed by atoms with E-state index in [2.05, 4.69) is 15.2 Å². The standard InChI is InChI=1S/C10H10N4O/c1-8(13-15)9-2-4-10(5-3-9)14-7-11-6-12-14/h2-7,15H,1H3. The maximum atomic E-state index is 8.60. The van der Waals surface area contributed by atoms with Gasteiger partial charge < -0.3 is 5.21 Å². The second-order valence-corrected chi connectivity index (χ2v) is 3.07. The van der Waals surface area contributed by atoms with E-state index in [-0.39, 0.29) is 0 Å². The summed E-state index contributed by atoms with van der Waals surface area (Å²) in [6.45, 7) is 1.74. The van der Waals surface area contributed by atoms with Gasteiger partial charge in [-0.05, 0) is 24.6 Å². The molecule has 0 amide bonds. The van der Waals surface area contributed by atoms with E-state index < -0.39 is 0 Å². The summed E-state index contributed by atoms with van der Waals surface area (Å²) in [5.41, 5.74) is 2.38. The minimum absolute atomic E-state index is 0.583. The minimum Gasteiger partial charge on any atom is -0.411 e. The Labute approximate surface area is 86.7 Å². The molecule has 1 aromatic heterocycles. The largest absolute Gasteiger partial charge is 0.411 e. The predicted octanol–water partition coefficient (Wildman–Crippen LogP) is 1.47. The third-order valence-electron chi connectivity index (χ3n) is 2.12. The quantitative estimate of drug-likeness (QED) is 0.455. The molecule has 15 heavy (non-hydrogen) atoms. The maximum Gasteiger partial charge on any atom is 0.138 e. The molecule has 1 aromatic carbocycles. The van der Waals surface area contributed by atoms with Crippen molar-refractivity contribution in [3.8, 4) is 5.69 Å². The third-order valence-corrected chi connectivity index (χ3v) is 2.12. The van der Waals surface area contributed by atoms with Crippen LogP contribution in [0, 0.1) is 0 Å². The van der Waals surface area contributed by atoms with E-state index in [4.69, 9.17) is 5.21 Å². The first-order valence-corrected chi connectivity index (χ1v) is 4.45. The van der Waals surface area contributed by atoms with E-state index in [1.54, 1.807) is 17.9 Å².